The first-order chi connectivity index (χ1) is 11.7. The molecule has 0 spiro atoms. The van der Waals surface area contributed by atoms with E-state index < -0.39 is 16.0 Å². The van der Waals surface area contributed by atoms with Crippen LogP contribution in [0.3, 0.4) is 0 Å². The number of halogens is 2. The van der Waals surface area contributed by atoms with E-state index in [0.717, 1.165) is 18.4 Å². The lowest BCUT2D eigenvalue weighted by atomic mass is 10.1. The first-order valence-electron chi connectivity index (χ1n) is 7.98. The summed E-state index contributed by atoms with van der Waals surface area (Å²) in [6, 6.07) is 5.13. The maximum Gasteiger partial charge on any atom is 0.303 e. The molecule has 0 amide bonds. The monoisotopic (exact) mass is 407 g/mol. The summed E-state index contributed by atoms with van der Waals surface area (Å²) in [6.45, 7) is 0.671. The Hall–Kier alpha value is -1.08. The van der Waals surface area contributed by atoms with Crippen molar-refractivity contribution in [2.45, 2.75) is 32.1 Å². The highest BCUT2D eigenvalue weighted by molar-refractivity contribution is 7.88. The average Bonchev–Trinajstić information content (AvgIpc) is 2.46. The Balaban J connectivity index is 2.51. The summed E-state index contributed by atoms with van der Waals surface area (Å²) in [4.78, 5) is 10.4. The van der Waals surface area contributed by atoms with Gasteiger partial charge in [-0.15, -0.1) is 0 Å². The molecule has 0 atom stereocenters. The van der Waals surface area contributed by atoms with Crippen molar-refractivity contribution in [3.05, 3.63) is 39.9 Å². The van der Waals surface area contributed by atoms with Gasteiger partial charge in [0.2, 0.25) is 10.0 Å². The molecule has 0 aromatic heterocycles. The van der Waals surface area contributed by atoms with Crippen LogP contribution in [0.4, 0.5) is 0 Å². The third kappa shape index (κ3) is 9.84. The highest BCUT2D eigenvalue weighted by atomic mass is 35.5. The first kappa shape index (κ1) is 22.0. The lowest BCUT2D eigenvalue weighted by Crippen LogP contribution is -2.31. The highest BCUT2D eigenvalue weighted by Crippen LogP contribution is 2.20. The van der Waals surface area contributed by atoms with E-state index in [0.29, 0.717) is 29.4 Å². The van der Waals surface area contributed by atoms with Crippen molar-refractivity contribution >= 4 is 45.3 Å². The second kappa shape index (κ2) is 10.8. The summed E-state index contributed by atoms with van der Waals surface area (Å²) in [6.07, 6.45) is 7.76. The lowest BCUT2D eigenvalue weighted by molar-refractivity contribution is -0.137. The normalized spacial score (nSPS) is 12.2. The topological polar surface area (TPSA) is 74.7 Å². The molecule has 0 fully saturated rings. The summed E-state index contributed by atoms with van der Waals surface area (Å²) in [5, 5.41) is 9.62. The van der Waals surface area contributed by atoms with Gasteiger partial charge in [-0.2, -0.15) is 4.31 Å². The van der Waals surface area contributed by atoms with Gasteiger partial charge in [-0.25, -0.2) is 8.42 Å². The molecule has 1 rings (SSSR count). The molecule has 0 radical (unpaired) electrons. The van der Waals surface area contributed by atoms with Crippen molar-refractivity contribution in [3.63, 3.8) is 0 Å². The van der Waals surface area contributed by atoms with Crippen molar-refractivity contribution < 1.29 is 18.3 Å². The molecule has 1 aromatic carbocycles. The van der Waals surface area contributed by atoms with Crippen LogP contribution in [0.15, 0.2) is 24.3 Å². The van der Waals surface area contributed by atoms with Crippen LogP contribution in [0.25, 0.3) is 6.08 Å². The Labute approximate surface area is 159 Å². The summed E-state index contributed by atoms with van der Waals surface area (Å²) in [5.41, 5.74) is 0.805. The van der Waals surface area contributed by atoms with Crippen LogP contribution >= 0.6 is 23.2 Å². The van der Waals surface area contributed by atoms with Gasteiger partial charge in [0.15, 0.2) is 0 Å². The van der Waals surface area contributed by atoms with E-state index in [9.17, 15) is 13.2 Å². The Morgan fingerprint density at radius 1 is 1.12 bits per heavy atom. The van der Waals surface area contributed by atoms with E-state index in [2.05, 4.69) is 0 Å². The van der Waals surface area contributed by atoms with Gasteiger partial charge >= 0.3 is 5.97 Å². The van der Waals surface area contributed by atoms with Crippen LogP contribution in [0.1, 0.15) is 37.7 Å². The van der Waals surface area contributed by atoms with Crippen LogP contribution in [0.5, 0.6) is 0 Å². The number of carboxylic acids is 1. The molecular weight excluding hydrogens is 385 g/mol. The molecule has 0 aliphatic heterocycles. The fourth-order valence-electron chi connectivity index (χ4n) is 2.29. The number of sulfonamides is 1. The smallest absolute Gasteiger partial charge is 0.303 e. The van der Waals surface area contributed by atoms with Crippen molar-refractivity contribution in [3.8, 4) is 0 Å². The number of carbonyl (C=O) groups is 1. The number of unbranched alkanes of at least 4 members (excludes halogenated alkanes) is 3. The molecule has 0 unspecified atom stereocenters. The van der Waals surface area contributed by atoms with Crippen molar-refractivity contribution in [2.75, 3.05) is 19.3 Å². The van der Waals surface area contributed by atoms with Crippen LogP contribution in [0, 0.1) is 0 Å². The number of nitrogens with zero attached hydrogens (tertiary/aromatic N) is 1. The van der Waals surface area contributed by atoms with Gasteiger partial charge in [0.05, 0.1) is 6.26 Å². The molecule has 0 aliphatic carbocycles. The minimum atomic E-state index is -3.31. The molecule has 0 saturated heterocycles. The lowest BCUT2D eigenvalue weighted by Gasteiger charge is -2.18. The van der Waals surface area contributed by atoms with Crippen LogP contribution in [0.2, 0.25) is 10.0 Å². The maximum absolute atomic E-state index is 11.9. The Kier molecular flexibility index (Phi) is 9.50. The van der Waals surface area contributed by atoms with Crippen molar-refractivity contribution in [2.24, 2.45) is 0 Å². The molecule has 0 aliphatic rings. The fourth-order valence-corrected chi connectivity index (χ4v) is 3.65. The zero-order chi connectivity index (χ0) is 18.9. The Bertz CT molecular complexity index is 684. The zero-order valence-corrected chi connectivity index (χ0v) is 16.4. The summed E-state index contributed by atoms with van der Waals surface area (Å²) in [7, 11) is -3.31. The molecule has 25 heavy (non-hydrogen) atoms. The van der Waals surface area contributed by atoms with Crippen LogP contribution in [-0.2, 0) is 14.8 Å². The molecule has 0 saturated carbocycles. The van der Waals surface area contributed by atoms with E-state index in [1.54, 1.807) is 30.4 Å². The second-order valence-electron chi connectivity index (χ2n) is 5.78. The zero-order valence-electron chi connectivity index (χ0n) is 14.1. The van der Waals surface area contributed by atoms with Gasteiger partial charge < -0.3 is 5.11 Å². The predicted octanol–water partition coefficient (Wildman–Crippen LogP) is 4.30. The van der Waals surface area contributed by atoms with Gasteiger partial charge in [0.25, 0.3) is 0 Å². The van der Waals surface area contributed by atoms with Gasteiger partial charge in [-0.05, 0) is 36.6 Å². The van der Waals surface area contributed by atoms with Gasteiger partial charge in [0.1, 0.15) is 0 Å². The SMILES string of the molecule is CS(=O)(=O)N(C/C=C/c1cc(Cl)cc(Cl)c1)CCCCCCC(=O)O. The number of hydrogen-bond donors (Lipinski definition) is 1. The number of aliphatic carboxylic acids is 1. The van der Waals surface area contributed by atoms with Crippen LogP contribution in [-0.4, -0.2) is 43.1 Å². The summed E-state index contributed by atoms with van der Waals surface area (Å²) < 4.78 is 25.1. The first-order valence-corrected chi connectivity index (χ1v) is 10.6. The molecule has 1 N–H and O–H groups in total. The molecule has 8 heteroatoms. The van der Waals surface area contributed by atoms with Gasteiger partial charge in [-0.3, -0.25) is 4.79 Å². The van der Waals surface area contributed by atoms with E-state index >= 15 is 0 Å². The molecule has 1 aromatic rings. The van der Waals surface area contributed by atoms with Crippen molar-refractivity contribution in [1.29, 1.82) is 0 Å². The standard InChI is InChI=1S/C17H23Cl2NO4S/c1-25(23,24)20(9-5-3-2-4-8-17(21)22)10-6-7-14-11-15(18)13-16(19)12-14/h6-7,11-13H,2-5,8-10H2,1H3,(H,21,22)/b7-6+. The highest BCUT2D eigenvalue weighted by Gasteiger charge is 2.14. The number of hydrogen-bond acceptors (Lipinski definition) is 3. The van der Waals surface area contributed by atoms with E-state index in [4.69, 9.17) is 28.3 Å². The van der Waals surface area contributed by atoms with Gasteiger partial charge in [0, 0.05) is 29.6 Å². The third-order valence-corrected chi connectivity index (χ3v) is 5.23. The quantitative estimate of drug-likeness (QED) is 0.554. The number of carboxylic acid groups (broad SMARTS) is 1. The molecular formula is C17H23Cl2NO4S. The summed E-state index contributed by atoms with van der Waals surface area (Å²) >= 11 is 11.9. The minimum absolute atomic E-state index is 0.153. The second-order valence-corrected chi connectivity index (χ2v) is 8.64. The molecule has 0 bridgehead atoms. The Morgan fingerprint density at radius 3 is 2.28 bits per heavy atom. The Morgan fingerprint density at radius 2 is 1.72 bits per heavy atom. The van der Waals surface area contributed by atoms with E-state index in [1.165, 1.54) is 10.6 Å². The van der Waals surface area contributed by atoms with E-state index in [-0.39, 0.29) is 13.0 Å². The number of rotatable bonds is 11. The van der Waals surface area contributed by atoms with Gasteiger partial charge in [-0.1, -0.05) is 48.2 Å². The minimum Gasteiger partial charge on any atom is -0.481 e. The molecule has 0 heterocycles. The van der Waals surface area contributed by atoms with Crippen molar-refractivity contribution in [1.82, 2.24) is 4.31 Å². The van der Waals surface area contributed by atoms with Crippen LogP contribution < -0.4 is 0 Å². The predicted molar refractivity (Wildman–Crippen MR) is 103 cm³/mol. The third-order valence-electron chi connectivity index (χ3n) is 3.52. The molecule has 5 nitrogen and oxygen atoms in total. The average molecular weight is 408 g/mol. The summed E-state index contributed by atoms with van der Waals surface area (Å²) in [5.74, 6) is -0.802. The largest absolute Gasteiger partial charge is 0.481 e. The molecule has 140 valence electrons. The number of benzene rings is 1. The van der Waals surface area contributed by atoms with E-state index in [1.807, 2.05) is 0 Å². The maximum atomic E-state index is 11.9. The fraction of sp³-hybridized carbons (Fsp3) is 0.471.